The largest absolute Gasteiger partial charge is 0.456 e. The van der Waals surface area contributed by atoms with Gasteiger partial charge in [-0.05, 0) is 55.0 Å². The molecule has 0 radical (unpaired) electrons. The summed E-state index contributed by atoms with van der Waals surface area (Å²) < 4.78 is 73.3. The van der Waals surface area contributed by atoms with E-state index in [0.717, 1.165) is 24.4 Å². The molecule has 3 rings (SSSR count). The van der Waals surface area contributed by atoms with Crippen molar-refractivity contribution >= 4 is 17.5 Å². The van der Waals surface area contributed by atoms with Gasteiger partial charge in [0.25, 0.3) is 11.8 Å². The minimum Gasteiger partial charge on any atom is -0.456 e. The monoisotopic (exact) mass is 451 g/mol. The molecule has 0 saturated heterocycles. The number of pyridine rings is 1. The number of ether oxygens (including phenoxy) is 1. The predicted octanol–water partition coefficient (Wildman–Crippen LogP) is 4.83. The molecule has 3 aromatic rings. The minimum atomic E-state index is -5.08. The fourth-order valence-corrected chi connectivity index (χ4v) is 2.72. The number of carbonyl (C=O) groups excluding carboxylic acids is 2. The van der Waals surface area contributed by atoms with Crippen LogP contribution in [0.2, 0.25) is 0 Å². The van der Waals surface area contributed by atoms with Crippen molar-refractivity contribution < 1.29 is 36.3 Å². The number of nitrogens with zero attached hydrogens (tertiary/aromatic N) is 1. The zero-order valence-corrected chi connectivity index (χ0v) is 16.3. The zero-order chi connectivity index (χ0) is 23.6. The van der Waals surface area contributed by atoms with E-state index >= 15 is 0 Å². The van der Waals surface area contributed by atoms with E-state index < -0.39 is 46.5 Å². The van der Waals surface area contributed by atoms with Crippen LogP contribution in [-0.4, -0.2) is 16.8 Å². The molecule has 32 heavy (non-hydrogen) atoms. The van der Waals surface area contributed by atoms with Gasteiger partial charge in [0.15, 0.2) is 5.82 Å². The predicted molar refractivity (Wildman–Crippen MR) is 103 cm³/mol. The lowest BCUT2D eigenvalue weighted by atomic mass is 10.1. The van der Waals surface area contributed by atoms with E-state index in [0.29, 0.717) is 6.07 Å². The molecule has 166 valence electrons. The van der Waals surface area contributed by atoms with Crippen molar-refractivity contribution in [3.05, 3.63) is 82.7 Å². The second-order valence-electron chi connectivity index (χ2n) is 6.56. The summed E-state index contributed by atoms with van der Waals surface area (Å²) in [5.74, 6) is -5.20. The smallest absolute Gasteiger partial charge is 0.419 e. The first-order valence-electron chi connectivity index (χ1n) is 8.88. The number of primary amides is 1. The van der Waals surface area contributed by atoms with Crippen molar-refractivity contribution in [3.63, 3.8) is 0 Å². The van der Waals surface area contributed by atoms with Gasteiger partial charge in [-0.15, -0.1) is 0 Å². The van der Waals surface area contributed by atoms with Gasteiger partial charge in [0.05, 0.1) is 5.56 Å². The van der Waals surface area contributed by atoms with Crippen molar-refractivity contribution in [2.75, 3.05) is 5.32 Å². The molecule has 2 aromatic carbocycles. The van der Waals surface area contributed by atoms with Crippen LogP contribution < -0.4 is 15.8 Å². The SMILES string of the molecule is Cc1cc(Oc2ccc(C(F)(F)F)c(F)c2C(=O)Nc2ccnc(C(N)=O)c2)ccc1F. The highest BCUT2D eigenvalue weighted by molar-refractivity contribution is 6.07. The molecule has 0 spiro atoms. The highest BCUT2D eigenvalue weighted by Crippen LogP contribution is 2.37. The molecular formula is C21H14F5N3O3. The first-order valence-corrected chi connectivity index (χ1v) is 8.88. The Labute approximate surface area is 177 Å². The average molecular weight is 451 g/mol. The summed E-state index contributed by atoms with van der Waals surface area (Å²) in [6, 6.07) is 6.94. The number of hydrogen-bond acceptors (Lipinski definition) is 4. The summed E-state index contributed by atoms with van der Waals surface area (Å²) in [7, 11) is 0. The molecule has 3 N–H and O–H groups in total. The Balaban J connectivity index is 2.06. The summed E-state index contributed by atoms with van der Waals surface area (Å²) in [6.45, 7) is 1.42. The van der Waals surface area contributed by atoms with Crippen molar-refractivity contribution in [1.29, 1.82) is 0 Å². The van der Waals surface area contributed by atoms with Crippen LogP contribution in [0.25, 0.3) is 0 Å². The number of halogens is 5. The molecule has 0 saturated carbocycles. The Hall–Kier alpha value is -4.02. The highest BCUT2D eigenvalue weighted by atomic mass is 19.4. The number of hydrogen-bond donors (Lipinski definition) is 2. The van der Waals surface area contributed by atoms with E-state index in [-0.39, 0.29) is 22.7 Å². The second-order valence-corrected chi connectivity index (χ2v) is 6.56. The third-order valence-electron chi connectivity index (χ3n) is 4.26. The maximum atomic E-state index is 14.8. The quantitative estimate of drug-likeness (QED) is 0.544. The number of rotatable bonds is 5. The van der Waals surface area contributed by atoms with Gasteiger partial charge in [-0.1, -0.05) is 0 Å². The van der Waals surface area contributed by atoms with E-state index in [4.69, 9.17) is 10.5 Å². The number of anilines is 1. The average Bonchev–Trinajstić information content (AvgIpc) is 2.70. The molecule has 0 unspecified atom stereocenters. The lowest BCUT2D eigenvalue weighted by Gasteiger charge is -2.16. The Morgan fingerprint density at radius 3 is 2.41 bits per heavy atom. The third-order valence-corrected chi connectivity index (χ3v) is 4.26. The number of alkyl halides is 3. The van der Waals surface area contributed by atoms with Crippen LogP contribution in [0.5, 0.6) is 11.5 Å². The Morgan fingerprint density at radius 2 is 1.78 bits per heavy atom. The second kappa shape index (κ2) is 8.61. The number of aromatic nitrogens is 1. The summed E-state index contributed by atoms with van der Waals surface area (Å²) in [6.07, 6.45) is -3.96. The Bertz CT molecular complexity index is 1210. The van der Waals surface area contributed by atoms with Crippen LogP contribution in [0.3, 0.4) is 0 Å². The fraction of sp³-hybridized carbons (Fsp3) is 0.0952. The van der Waals surface area contributed by atoms with Crippen LogP contribution >= 0.6 is 0 Å². The summed E-state index contributed by atoms with van der Waals surface area (Å²) in [5.41, 5.74) is 2.24. The summed E-state index contributed by atoms with van der Waals surface area (Å²) >= 11 is 0. The van der Waals surface area contributed by atoms with E-state index in [9.17, 15) is 31.5 Å². The number of aryl methyl sites for hydroxylation is 1. The molecule has 1 aromatic heterocycles. The third kappa shape index (κ3) is 4.82. The van der Waals surface area contributed by atoms with Crippen molar-refractivity contribution in [1.82, 2.24) is 4.98 Å². The topological polar surface area (TPSA) is 94.3 Å². The molecule has 0 atom stereocenters. The molecule has 0 bridgehead atoms. The van der Waals surface area contributed by atoms with E-state index in [1.807, 2.05) is 0 Å². The molecule has 0 aliphatic rings. The zero-order valence-electron chi connectivity index (χ0n) is 16.3. The molecule has 0 aliphatic heterocycles. The Kier molecular flexibility index (Phi) is 6.10. The van der Waals surface area contributed by atoms with Crippen molar-refractivity contribution in [2.45, 2.75) is 13.1 Å². The van der Waals surface area contributed by atoms with E-state index in [2.05, 4.69) is 10.3 Å². The number of nitrogens with one attached hydrogen (secondary N) is 1. The van der Waals surface area contributed by atoms with Crippen LogP contribution in [0.1, 0.15) is 32.0 Å². The van der Waals surface area contributed by atoms with Crippen molar-refractivity contribution in [2.24, 2.45) is 5.73 Å². The van der Waals surface area contributed by atoms with Gasteiger partial charge in [-0.3, -0.25) is 14.6 Å². The number of carbonyl (C=O) groups is 2. The van der Waals surface area contributed by atoms with Gasteiger partial charge in [0.2, 0.25) is 0 Å². The van der Waals surface area contributed by atoms with Crippen molar-refractivity contribution in [3.8, 4) is 11.5 Å². The Morgan fingerprint density at radius 1 is 1.06 bits per heavy atom. The number of benzene rings is 2. The lowest BCUT2D eigenvalue weighted by molar-refractivity contribution is -0.140. The number of nitrogens with two attached hydrogens (primary N) is 1. The van der Waals surface area contributed by atoms with Crippen LogP contribution in [-0.2, 0) is 6.18 Å². The minimum absolute atomic E-state index is 0.0305. The standard InChI is InChI=1S/C21H14F5N3O3/c1-10-8-12(2-4-14(10)22)32-16-5-3-13(21(24,25)26)18(23)17(16)20(31)29-11-6-7-28-15(9-11)19(27)30/h2-9H,1H3,(H2,27,30)(H,28,29,31). The molecule has 0 fully saturated rings. The maximum absolute atomic E-state index is 14.8. The molecule has 2 amide bonds. The molecular weight excluding hydrogens is 437 g/mol. The molecule has 1 heterocycles. The highest BCUT2D eigenvalue weighted by Gasteiger charge is 2.37. The summed E-state index contributed by atoms with van der Waals surface area (Å²) in [5, 5.41) is 2.19. The van der Waals surface area contributed by atoms with Gasteiger partial charge >= 0.3 is 6.18 Å². The lowest BCUT2D eigenvalue weighted by Crippen LogP contribution is -2.19. The van der Waals surface area contributed by atoms with Gasteiger partial charge in [0, 0.05) is 11.9 Å². The molecule has 6 nitrogen and oxygen atoms in total. The van der Waals surface area contributed by atoms with Gasteiger partial charge < -0.3 is 15.8 Å². The fourth-order valence-electron chi connectivity index (χ4n) is 2.72. The van der Waals surface area contributed by atoms with Crippen LogP contribution in [0.15, 0.2) is 48.7 Å². The number of amides is 2. The van der Waals surface area contributed by atoms with E-state index in [1.165, 1.54) is 25.1 Å². The first-order chi connectivity index (χ1) is 15.0. The first kappa shape index (κ1) is 22.7. The van der Waals surface area contributed by atoms with Crippen LogP contribution in [0.4, 0.5) is 27.6 Å². The van der Waals surface area contributed by atoms with Gasteiger partial charge in [-0.2, -0.15) is 13.2 Å². The summed E-state index contributed by atoms with van der Waals surface area (Å²) in [4.78, 5) is 27.6. The normalized spacial score (nSPS) is 11.2. The van der Waals surface area contributed by atoms with Gasteiger partial charge in [-0.25, -0.2) is 8.78 Å². The maximum Gasteiger partial charge on any atom is 0.419 e. The molecule has 11 heteroatoms. The van der Waals surface area contributed by atoms with Gasteiger partial charge in [0.1, 0.15) is 28.6 Å². The van der Waals surface area contributed by atoms with Crippen LogP contribution in [0, 0.1) is 18.6 Å². The molecule has 0 aliphatic carbocycles. The van der Waals surface area contributed by atoms with E-state index in [1.54, 1.807) is 0 Å².